The van der Waals surface area contributed by atoms with Crippen LogP contribution in [0.5, 0.6) is 5.75 Å². The average molecular weight is 345 g/mol. The van der Waals surface area contributed by atoms with Gasteiger partial charge in [0.1, 0.15) is 0 Å². The van der Waals surface area contributed by atoms with Crippen molar-refractivity contribution in [2.45, 2.75) is 0 Å². The average Bonchev–Trinajstić information content (AvgIpc) is 2.37. The van der Waals surface area contributed by atoms with Crippen molar-refractivity contribution in [1.29, 1.82) is 0 Å². The molecule has 3 nitrogen and oxygen atoms in total. The predicted molar refractivity (Wildman–Crippen MR) is 75.2 cm³/mol. The number of hydrogen-bond acceptors (Lipinski definition) is 2. The third-order valence-electron chi connectivity index (χ3n) is 2.40. The van der Waals surface area contributed by atoms with E-state index in [0.29, 0.717) is 4.47 Å². The molecule has 6 heteroatoms. The molecule has 2 aromatic rings. The summed E-state index contributed by atoms with van der Waals surface area (Å²) in [5, 5.41) is 11.8. The van der Waals surface area contributed by atoms with Crippen LogP contribution in [0.2, 0.25) is 5.02 Å². The highest BCUT2D eigenvalue weighted by Crippen LogP contribution is 2.27. The zero-order valence-corrected chi connectivity index (χ0v) is 11.8. The number of carbonyl (C=O) groups excluding carboxylic acids is 1. The van der Waals surface area contributed by atoms with E-state index in [1.54, 1.807) is 18.2 Å². The number of aromatic hydroxyl groups is 1. The summed E-state index contributed by atoms with van der Waals surface area (Å²) in [7, 11) is 0. The van der Waals surface area contributed by atoms with Crippen LogP contribution in [0.1, 0.15) is 10.4 Å². The fourth-order valence-corrected chi connectivity index (χ4v) is 2.04. The van der Waals surface area contributed by atoms with E-state index in [1.165, 1.54) is 6.07 Å². The molecule has 0 aliphatic heterocycles. The molecule has 0 atom stereocenters. The molecule has 1 amide bonds. The van der Waals surface area contributed by atoms with Crippen molar-refractivity contribution in [3.63, 3.8) is 0 Å². The zero-order valence-electron chi connectivity index (χ0n) is 9.45. The molecular weight excluding hydrogens is 337 g/mol. The van der Waals surface area contributed by atoms with E-state index in [9.17, 15) is 9.18 Å². The maximum atomic E-state index is 13.1. The van der Waals surface area contributed by atoms with E-state index >= 15 is 0 Å². The first-order chi connectivity index (χ1) is 8.99. The summed E-state index contributed by atoms with van der Waals surface area (Å²) in [6.07, 6.45) is 0. The first-order valence-electron chi connectivity index (χ1n) is 5.23. The van der Waals surface area contributed by atoms with Gasteiger partial charge in [0, 0.05) is 16.2 Å². The number of phenolic OH excluding ortho intramolecular Hbond substituents is 1. The summed E-state index contributed by atoms with van der Waals surface area (Å²) in [6, 6.07) is 8.51. The lowest BCUT2D eigenvalue weighted by Crippen LogP contribution is -2.12. The lowest BCUT2D eigenvalue weighted by Gasteiger charge is -2.08. The van der Waals surface area contributed by atoms with Gasteiger partial charge in [-0.05, 0) is 40.2 Å². The van der Waals surface area contributed by atoms with Crippen LogP contribution >= 0.6 is 27.5 Å². The zero-order chi connectivity index (χ0) is 14.0. The van der Waals surface area contributed by atoms with Gasteiger partial charge in [-0.2, -0.15) is 0 Å². The second kappa shape index (κ2) is 5.59. The van der Waals surface area contributed by atoms with Gasteiger partial charge >= 0.3 is 0 Å². The predicted octanol–water partition coefficient (Wildman–Crippen LogP) is 4.20. The minimum Gasteiger partial charge on any atom is -0.505 e. The van der Waals surface area contributed by atoms with Crippen molar-refractivity contribution >= 4 is 39.1 Å². The van der Waals surface area contributed by atoms with Crippen molar-refractivity contribution < 1.29 is 14.3 Å². The van der Waals surface area contributed by atoms with Crippen LogP contribution in [-0.2, 0) is 0 Å². The third kappa shape index (κ3) is 3.05. The smallest absolute Gasteiger partial charge is 0.257 e. The van der Waals surface area contributed by atoms with Gasteiger partial charge in [-0.15, -0.1) is 0 Å². The van der Waals surface area contributed by atoms with Crippen LogP contribution in [0.25, 0.3) is 0 Å². The maximum absolute atomic E-state index is 13.1. The van der Waals surface area contributed by atoms with Gasteiger partial charge < -0.3 is 10.4 Å². The molecule has 2 rings (SSSR count). The molecule has 0 radical (unpaired) electrons. The molecular formula is C13H8BrClFNO2. The summed E-state index contributed by atoms with van der Waals surface area (Å²) in [5.74, 6) is -1.74. The van der Waals surface area contributed by atoms with E-state index in [2.05, 4.69) is 21.2 Å². The highest BCUT2D eigenvalue weighted by Gasteiger charge is 2.13. The molecule has 0 aliphatic rings. The normalized spacial score (nSPS) is 10.3. The van der Waals surface area contributed by atoms with Gasteiger partial charge in [-0.3, -0.25) is 4.79 Å². The summed E-state index contributed by atoms with van der Waals surface area (Å²) >= 11 is 9.20. The minimum atomic E-state index is -0.807. The molecule has 98 valence electrons. The molecule has 0 heterocycles. The van der Waals surface area contributed by atoms with Crippen molar-refractivity contribution in [3.8, 4) is 5.75 Å². The third-order valence-corrected chi connectivity index (χ3v) is 3.70. The van der Waals surface area contributed by atoms with E-state index in [0.717, 1.165) is 12.1 Å². The SMILES string of the molecule is O=C(Nc1ccc(O)c(F)c1)c1cccc(Br)c1Cl. The fourth-order valence-electron chi connectivity index (χ4n) is 1.46. The Hall–Kier alpha value is -1.59. The Balaban J connectivity index is 2.26. The Labute approximate surface area is 122 Å². The van der Waals surface area contributed by atoms with Crippen LogP contribution in [0.4, 0.5) is 10.1 Å². The number of nitrogens with one attached hydrogen (secondary N) is 1. The first-order valence-corrected chi connectivity index (χ1v) is 6.40. The van der Waals surface area contributed by atoms with Crippen molar-refractivity contribution in [3.05, 3.63) is 57.3 Å². The molecule has 0 saturated carbocycles. The summed E-state index contributed by atoms with van der Waals surface area (Å²) in [5.41, 5.74) is 0.501. The quantitative estimate of drug-likeness (QED) is 0.802. The first kappa shape index (κ1) is 13.8. The van der Waals surface area contributed by atoms with Gasteiger partial charge in [0.05, 0.1) is 10.6 Å². The van der Waals surface area contributed by atoms with Gasteiger partial charge in [-0.1, -0.05) is 17.7 Å². The second-order valence-corrected chi connectivity index (χ2v) is 4.95. The molecule has 0 bridgehead atoms. The lowest BCUT2D eigenvalue weighted by molar-refractivity contribution is 0.102. The number of halogens is 3. The molecule has 0 aromatic heterocycles. The number of amides is 1. The van der Waals surface area contributed by atoms with E-state index < -0.39 is 17.5 Å². The molecule has 0 saturated heterocycles. The highest BCUT2D eigenvalue weighted by molar-refractivity contribution is 9.10. The topological polar surface area (TPSA) is 49.3 Å². The number of benzene rings is 2. The Bertz CT molecular complexity index is 649. The minimum absolute atomic E-state index is 0.233. The second-order valence-electron chi connectivity index (χ2n) is 3.72. The van der Waals surface area contributed by atoms with Gasteiger partial charge in [0.15, 0.2) is 11.6 Å². The molecule has 19 heavy (non-hydrogen) atoms. The Morgan fingerprint density at radius 1 is 1.32 bits per heavy atom. The number of rotatable bonds is 2. The molecule has 0 aliphatic carbocycles. The Morgan fingerprint density at radius 2 is 2.05 bits per heavy atom. The number of carbonyl (C=O) groups is 1. The largest absolute Gasteiger partial charge is 0.505 e. The number of anilines is 1. The standard InChI is InChI=1S/C13H8BrClFNO2/c14-9-3-1-2-8(12(9)15)13(19)17-7-4-5-11(18)10(16)6-7/h1-6,18H,(H,17,19). The van der Waals surface area contributed by atoms with Crippen LogP contribution < -0.4 is 5.32 Å². The maximum Gasteiger partial charge on any atom is 0.257 e. The van der Waals surface area contributed by atoms with Gasteiger partial charge in [0.25, 0.3) is 5.91 Å². The highest BCUT2D eigenvalue weighted by atomic mass is 79.9. The molecule has 2 N–H and O–H groups in total. The van der Waals surface area contributed by atoms with Crippen LogP contribution in [0.3, 0.4) is 0 Å². The van der Waals surface area contributed by atoms with E-state index in [-0.39, 0.29) is 16.3 Å². The molecule has 2 aromatic carbocycles. The van der Waals surface area contributed by atoms with Crippen LogP contribution in [0, 0.1) is 5.82 Å². The molecule has 0 unspecified atom stereocenters. The van der Waals surface area contributed by atoms with E-state index in [1.807, 2.05) is 0 Å². The van der Waals surface area contributed by atoms with Crippen molar-refractivity contribution in [2.75, 3.05) is 5.32 Å². The monoisotopic (exact) mass is 343 g/mol. The lowest BCUT2D eigenvalue weighted by atomic mass is 10.2. The van der Waals surface area contributed by atoms with Crippen LogP contribution in [-0.4, -0.2) is 11.0 Å². The van der Waals surface area contributed by atoms with Gasteiger partial charge in [-0.25, -0.2) is 4.39 Å². The summed E-state index contributed by atoms with van der Waals surface area (Å²) in [4.78, 5) is 12.0. The molecule has 0 spiro atoms. The van der Waals surface area contributed by atoms with Crippen molar-refractivity contribution in [1.82, 2.24) is 0 Å². The van der Waals surface area contributed by atoms with Crippen LogP contribution in [0.15, 0.2) is 40.9 Å². The summed E-state index contributed by atoms with van der Waals surface area (Å²) in [6.45, 7) is 0. The van der Waals surface area contributed by atoms with E-state index in [4.69, 9.17) is 16.7 Å². The van der Waals surface area contributed by atoms with Gasteiger partial charge in [0.2, 0.25) is 0 Å². The Morgan fingerprint density at radius 3 is 2.74 bits per heavy atom. The fraction of sp³-hybridized carbons (Fsp3) is 0. The van der Waals surface area contributed by atoms with Crippen molar-refractivity contribution in [2.24, 2.45) is 0 Å². The number of hydrogen-bond donors (Lipinski definition) is 2. The molecule has 0 fully saturated rings. The number of phenols is 1. The Kier molecular flexibility index (Phi) is 4.07. The summed E-state index contributed by atoms with van der Waals surface area (Å²) < 4.78 is 13.7.